The molecule has 1 aromatic carbocycles. The largest absolute Gasteiger partial charge is 0.680 e. The number of pyridine rings is 1. The van der Waals surface area contributed by atoms with Crippen LogP contribution >= 0.6 is 11.3 Å². The number of halogens is 4. The van der Waals surface area contributed by atoms with Crippen LogP contribution in [0, 0.1) is 0 Å². The van der Waals surface area contributed by atoms with Crippen molar-refractivity contribution in [1.82, 2.24) is 4.98 Å². The molecule has 1 aliphatic rings. The number of alkyl halides is 4. The lowest BCUT2D eigenvalue weighted by Crippen LogP contribution is -2.52. The molecule has 0 saturated carbocycles. The number of carboxylic acid groups (broad SMARTS) is 1. The second-order valence-corrected chi connectivity index (χ2v) is 7.64. The zero-order valence-electron chi connectivity index (χ0n) is 17.8. The molecule has 9 nitrogen and oxygen atoms in total. The quantitative estimate of drug-likeness (QED) is 0.379. The van der Waals surface area contributed by atoms with Gasteiger partial charge in [0.05, 0.1) is 5.69 Å². The smallest absolute Gasteiger partial charge is 0.507 e. The van der Waals surface area contributed by atoms with E-state index in [0.717, 1.165) is 23.5 Å². The van der Waals surface area contributed by atoms with E-state index in [1.54, 1.807) is 17.5 Å². The maximum absolute atomic E-state index is 13.4. The lowest BCUT2D eigenvalue weighted by atomic mass is 10.2. The monoisotopic (exact) mass is 513 g/mol. The number of rotatable bonds is 6. The number of hydrogen-bond acceptors (Lipinski definition) is 7. The van der Waals surface area contributed by atoms with Gasteiger partial charge >= 0.3 is 18.2 Å². The van der Waals surface area contributed by atoms with Gasteiger partial charge in [-0.15, -0.1) is 11.3 Å². The topological polar surface area (TPSA) is 134 Å². The van der Waals surface area contributed by atoms with Gasteiger partial charge in [0, 0.05) is 24.5 Å². The number of anilines is 2. The summed E-state index contributed by atoms with van der Waals surface area (Å²) in [6.45, 7) is 0.202. The van der Waals surface area contributed by atoms with Crippen LogP contribution in [0.25, 0.3) is 5.73 Å². The van der Waals surface area contributed by atoms with Gasteiger partial charge in [-0.1, -0.05) is 0 Å². The minimum absolute atomic E-state index is 0.0166. The molecule has 0 radical (unpaired) electrons. The van der Waals surface area contributed by atoms with Crippen LogP contribution < -0.4 is 20.1 Å². The first-order chi connectivity index (χ1) is 16.6. The normalized spacial score (nSPS) is 14.8. The predicted octanol–water partition coefficient (Wildman–Crippen LogP) is 5.33. The fourth-order valence-electron chi connectivity index (χ4n) is 2.86. The summed E-state index contributed by atoms with van der Waals surface area (Å²) in [5.41, 5.74) is 6.70. The van der Waals surface area contributed by atoms with Gasteiger partial charge in [0.15, 0.2) is 11.5 Å². The van der Waals surface area contributed by atoms with Crippen molar-refractivity contribution >= 4 is 34.6 Å². The summed E-state index contributed by atoms with van der Waals surface area (Å²) in [5, 5.41) is 16.1. The van der Waals surface area contributed by atoms with Crippen LogP contribution in [0.4, 0.5) is 28.9 Å². The molecule has 0 bridgehead atoms. The van der Waals surface area contributed by atoms with Crippen molar-refractivity contribution in [2.45, 2.75) is 18.8 Å². The van der Waals surface area contributed by atoms with Crippen molar-refractivity contribution in [3.8, 4) is 11.5 Å². The predicted molar refractivity (Wildman–Crippen MR) is 119 cm³/mol. The molecule has 1 amide bonds. The average Bonchev–Trinajstić information content (AvgIpc) is 3.29. The van der Waals surface area contributed by atoms with E-state index < -0.39 is 35.6 Å². The minimum atomic E-state index is -4.87. The van der Waals surface area contributed by atoms with Crippen LogP contribution in [-0.2, 0) is 6.54 Å². The Balaban J connectivity index is 0.00000167. The molecule has 3 aromatic rings. The molecule has 4 N–H and O–H groups in total. The summed E-state index contributed by atoms with van der Waals surface area (Å²) in [7, 11) is 1.25. The zero-order chi connectivity index (χ0) is 25.8. The number of benzene rings is 1. The highest BCUT2D eigenvalue weighted by Crippen LogP contribution is 2.47. The Morgan fingerprint density at radius 2 is 1.74 bits per heavy atom. The maximum Gasteiger partial charge on any atom is 0.507 e. The lowest BCUT2D eigenvalue weighted by molar-refractivity contribution is -0.391. The first-order valence-electron chi connectivity index (χ1n) is 9.64. The molecule has 0 fully saturated rings. The van der Waals surface area contributed by atoms with E-state index >= 15 is 0 Å². The second kappa shape index (κ2) is 10.1. The fraction of sp³-hybridized carbons (Fsp3) is 0.190. The van der Waals surface area contributed by atoms with Crippen molar-refractivity contribution in [3.63, 3.8) is 0 Å². The number of carboxylic acids is 1. The number of nitrogens with zero attached hydrogens (tertiary/aromatic N) is 1. The molecule has 1 aliphatic heterocycles. The Kier molecular flexibility index (Phi) is 7.45. The number of aromatic carboxylic acids is 1. The van der Waals surface area contributed by atoms with Crippen molar-refractivity contribution in [3.05, 3.63) is 69.8 Å². The highest BCUT2D eigenvalue weighted by molar-refractivity contribution is 7.12. The Bertz CT molecular complexity index is 1240. The summed E-state index contributed by atoms with van der Waals surface area (Å²) in [4.78, 5) is 27.7. The standard InChI is InChI=1S/C20H13F4N3O5S.CH4N/c21-19(22)20(23,24)32-15-8-11(1-2-14(15)31-19)27-17(28)16-12(4-6-33-16)26-9-10-3-5-25-13(7-10)18(29)30;1-2/h1-8,26H,9H2,(H,27,28)(H,29,30);2H,1H3/q;-1. The number of amides is 1. The number of hydrogen-bond donors (Lipinski definition) is 3. The highest BCUT2D eigenvalue weighted by atomic mass is 32.1. The number of aromatic nitrogens is 1. The van der Waals surface area contributed by atoms with Gasteiger partial charge in [0.2, 0.25) is 0 Å². The number of carbonyl (C=O) groups is 2. The molecule has 0 spiro atoms. The van der Waals surface area contributed by atoms with Crippen LogP contribution in [0.3, 0.4) is 0 Å². The lowest BCUT2D eigenvalue weighted by Gasteiger charge is -2.31. The molecule has 3 heterocycles. The van der Waals surface area contributed by atoms with Crippen molar-refractivity contribution < 1.29 is 41.7 Å². The van der Waals surface area contributed by atoms with E-state index in [0.29, 0.717) is 11.3 Å². The number of carbonyl (C=O) groups excluding carboxylic acids is 1. The average molecular weight is 513 g/mol. The Hall–Kier alpha value is -3.91. The number of thiophene rings is 1. The Labute approximate surface area is 199 Å². The summed E-state index contributed by atoms with van der Waals surface area (Å²) in [6, 6.07) is 7.75. The van der Waals surface area contributed by atoms with Gasteiger partial charge in [0.25, 0.3) is 5.91 Å². The second-order valence-electron chi connectivity index (χ2n) is 6.72. The van der Waals surface area contributed by atoms with E-state index in [4.69, 9.17) is 10.8 Å². The third-order valence-corrected chi connectivity index (χ3v) is 5.33. The minimum Gasteiger partial charge on any atom is -0.680 e. The molecule has 186 valence electrons. The van der Waals surface area contributed by atoms with Gasteiger partial charge in [-0.05, 0) is 41.3 Å². The summed E-state index contributed by atoms with van der Waals surface area (Å²) in [6.07, 6.45) is -8.35. The van der Waals surface area contributed by atoms with E-state index in [-0.39, 0.29) is 22.8 Å². The van der Waals surface area contributed by atoms with Crippen LogP contribution in [0.5, 0.6) is 11.5 Å². The molecule has 0 aliphatic carbocycles. The van der Waals surface area contributed by atoms with Gasteiger partial charge in [-0.2, -0.15) is 24.6 Å². The highest BCUT2D eigenvalue weighted by Gasteiger charge is 2.65. The zero-order valence-corrected chi connectivity index (χ0v) is 18.6. The van der Waals surface area contributed by atoms with Crippen molar-refractivity contribution in [1.29, 1.82) is 0 Å². The summed E-state index contributed by atoms with van der Waals surface area (Å²) >= 11 is 1.09. The molecule has 14 heteroatoms. The number of nitrogens with one attached hydrogen (secondary N) is 3. The van der Waals surface area contributed by atoms with Crippen LogP contribution in [-0.4, -0.2) is 41.2 Å². The Morgan fingerprint density at radius 3 is 2.43 bits per heavy atom. The SMILES string of the molecule is C[NH-].O=C(O)c1cc(CNc2ccsc2C(=O)Nc2ccc3c(c2)OC(F)(F)C(F)(F)O3)ccn1. The third kappa shape index (κ3) is 5.60. The van der Waals surface area contributed by atoms with Gasteiger partial charge < -0.3 is 30.9 Å². The first kappa shape index (κ1) is 25.7. The molecule has 4 rings (SSSR count). The van der Waals surface area contributed by atoms with Gasteiger partial charge in [0.1, 0.15) is 10.6 Å². The van der Waals surface area contributed by atoms with Crippen molar-refractivity contribution in [2.24, 2.45) is 0 Å². The molecule has 35 heavy (non-hydrogen) atoms. The van der Waals surface area contributed by atoms with Gasteiger partial charge in [-0.25, -0.2) is 9.78 Å². The summed E-state index contributed by atoms with van der Waals surface area (Å²) in [5.74, 6) is -3.02. The number of fused-ring (bicyclic) bond motifs is 1. The van der Waals surface area contributed by atoms with Crippen molar-refractivity contribution in [2.75, 3.05) is 17.7 Å². The molecule has 2 aromatic heterocycles. The molecule has 0 unspecified atom stereocenters. The first-order valence-corrected chi connectivity index (χ1v) is 10.5. The van der Waals surface area contributed by atoms with Crippen LogP contribution in [0.2, 0.25) is 0 Å². The molecular weight excluding hydrogens is 496 g/mol. The van der Waals surface area contributed by atoms with E-state index in [1.807, 2.05) is 0 Å². The fourth-order valence-corrected chi connectivity index (χ4v) is 3.62. The van der Waals surface area contributed by atoms with Crippen LogP contribution in [0.15, 0.2) is 48.0 Å². The summed E-state index contributed by atoms with van der Waals surface area (Å²) < 4.78 is 61.4. The third-order valence-electron chi connectivity index (χ3n) is 4.41. The Morgan fingerprint density at radius 1 is 1.06 bits per heavy atom. The van der Waals surface area contributed by atoms with Gasteiger partial charge in [-0.3, -0.25) is 4.79 Å². The molecular formula is C21H17F4N4O5S-. The molecule has 0 saturated heterocycles. The van der Waals surface area contributed by atoms with E-state index in [2.05, 4.69) is 25.1 Å². The molecule has 0 atom stereocenters. The number of ether oxygens (including phenoxy) is 2. The van der Waals surface area contributed by atoms with E-state index in [1.165, 1.54) is 25.4 Å². The maximum atomic E-state index is 13.4. The van der Waals surface area contributed by atoms with E-state index in [9.17, 15) is 27.2 Å². The van der Waals surface area contributed by atoms with Crippen LogP contribution in [0.1, 0.15) is 25.7 Å².